The SMILES string of the molecule is COc1ccccc1CC(=O)NCc1ccccc1F. The van der Waals surface area contributed by atoms with E-state index in [-0.39, 0.29) is 24.7 Å². The quantitative estimate of drug-likeness (QED) is 0.909. The highest BCUT2D eigenvalue weighted by Crippen LogP contribution is 2.17. The van der Waals surface area contributed by atoms with Crippen LogP contribution in [0.15, 0.2) is 48.5 Å². The fraction of sp³-hybridized carbons (Fsp3) is 0.188. The summed E-state index contributed by atoms with van der Waals surface area (Å²) >= 11 is 0. The maximum Gasteiger partial charge on any atom is 0.224 e. The number of para-hydroxylation sites is 1. The van der Waals surface area contributed by atoms with Crippen molar-refractivity contribution < 1.29 is 13.9 Å². The van der Waals surface area contributed by atoms with E-state index in [9.17, 15) is 9.18 Å². The first-order valence-corrected chi connectivity index (χ1v) is 6.32. The van der Waals surface area contributed by atoms with E-state index in [1.165, 1.54) is 6.07 Å². The van der Waals surface area contributed by atoms with Crippen molar-refractivity contribution in [1.82, 2.24) is 5.32 Å². The summed E-state index contributed by atoms with van der Waals surface area (Å²) in [5.41, 5.74) is 1.28. The Hall–Kier alpha value is -2.36. The van der Waals surface area contributed by atoms with Crippen molar-refractivity contribution in [1.29, 1.82) is 0 Å². The van der Waals surface area contributed by atoms with Crippen molar-refractivity contribution in [2.75, 3.05) is 7.11 Å². The molecule has 1 amide bonds. The molecule has 4 heteroatoms. The molecule has 3 nitrogen and oxygen atoms in total. The van der Waals surface area contributed by atoms with Crippen LogP contribution in [0.1, 0.15) is 11.1 Å². The lowest BCUT2D eigenvalue weighted by atomic mass is 10.1. The van der Waals surface area contributed by atoms with Crippen LogP contribution >= 0.6 is 0 Å². The molecule has 0 spiro atoms. The number of ether oxygens (including phenoxy) is 1. The Kier molecular flexibility index (Phi) is 4.71. The lowest BCUT2D eigenvalue weighted by molar-refractivity contribution is -0.120. The van der Waals surface area contributed by atoms with E-state index in [1.807, 2.05) is 18.2 Å². The van der Waals surface area contributed by atoms with Crippen molar-refractivity contribution in [2.45, 2.75) is 13.0 Å². The van der Waals surface area contributed by atoms with Crippen molar-refractivity contribution in [3.05, 3.63) is 65.5 Å². The molecule has 0 aliphatic carbocycles. The number of rotatable bonds is 5. The summed E-state index contributed by atoms with van der Waals surface area (Å²) in [6, 6.07) is 13.7. The summed E-state index contributed by atoms with van der Waals surface area (Å²) in [5.74, 6) is 0.191. The lowest BCUT2D eigenvalue weighted by Gasteiger charge is -2.09. The molecule has 20 heavy (non-hydrogen) atoms. The van der Waals surface area contributed by atoms with Gasteiger partial charge in [-0.25, -0.2) is 4.39 Å². The van der Waals surface area contributed by atoms with E-state index in [0.717, 1.165) is 5.56 Å². The number of carbonyl (C=O) groups excluding carboxylic acids is 1. The first kappa shape index (κ1) is 14.1. The molecule has 2 aromatic carbocycles. The maximum atomic E-state index is 13.4. The van der Waals surface area contributed by atoms with E-state index in [1.54, 1.807) is 31.4 Å². The molecule has 0 aromatic heterocycles. The summed E-state index contributed by atoms with van der Waals surface area (Å²) in [4.78, 5) is 11.9. The molecule has 0 saturated heterocycles. The zero-order valence-corrected chi connectivity index (χ0v) is 11.2. The van der Waals surface area contributed by atoms with Gasteiger partial charge in [-0.2, -0.15) is 0 Å². The predicted octanol–water partition coefficient (Wildman–Crippen LogP) is 2.69. The van der Waals surface area contributed by atoms with Gasteiger partial charge in [0.15, 0.2) is 0 Å². The third kappa shape index (κ3) is 3.57. The average molecular weight is 273 g/mol. The summed E-state index contributed by atoms with van der Waals surface area (Å²) in [6.45, 7) is 0.181. The third-order valence-corrected chi connectivity index (χ3v) is 2.98. The molecule has 0 heterocycles. The Morgan fingerprint density at radius 1 is 1.10 bits per heavy atom. The summed E-state index contributed by atoms with van der Waals surface area (Å²) in [5, 5.41) is 2.71. The summed E-state index contributed by atoms with van der Waals surface area (Å²) in [6.07, 6.45) is 0.207. The second-order valence-electron chi connectivity index (χ2n) is 4.36. The Bertz CT molecular complexity index is 599. The van der Waals surface area contributed by atoms with Crippen molar-refractivity contribution >= 4 is 5.91 Å². The number of nitrogens with one attached hydrogen (secondary N) is 1. The van der Waals surface area contributed by atoms with Crippen LogP contribution in [0, 0.1) is 5.82 Å². The van der Waals surface area contributed by atoms with E-state index < -0.39 is 0 Å². The highest BCUT2D eigenvalue weighted by Gasteiger charge is 2.08. The molecule has 0 bridgehead atoms. The van der Waals surface area contributed by atoms with E-state index >= 15 is 0 Å². The van der Waals surface area contributed by atoms with Crippen LogP contribution < -0.4 is 10.1 Å². The zero-order chi connectivity index (χ0) is 14.4. The monoisotopic (exact) mass is 273 g/mol. The number of benzene rings is 2. The van der Waals surface area contributed by atoms with Gasteiger partial charge in [-0.3, -0.25) is 4.79 Å². The fourth-order valence-electron chi connectivity index (χ4n) is 1.92. The van der Waals surface area contributed by atoms with Crippen molar-refractivity contribution in [2.24, 2.45) is 0 Å². The second-order valence-corrected chi connectivity index (χ2v) is 4.36. The van der Waals surface area contributed by atoms with E-state index in [4.69, 9.17) is 4.74 Å². The number of carbonyl (C=O) groups is 1. The minimum Gasteiger partial charge on any atom is -0.496 e. The summed E-state index contributed by atoms with van der Waals surface area (Å²) < 4.78 is 18.6. The van der Waals surface area contributed by atoms with Gasteiger partial charge in [-0.1, -0.05) is 36.4 Å². The van der Waals surface area contributed by atoms with Crippen LogP contribution in [-0.4, -0.2) is 13.0 Å². The van der Waals surface area contributed by atoms with Crippen molar-refractivity contribution in [3.63, 3.8) is 0 Å². The minimum absolute atomic E-state index is 0.169. The zero-order valence-electron chi connectivity index (χ0n) is 11.2. The standard InChI is InChI=1S/C16H16FNO2/c1-20-15-9-5-3-6-12(15)10-16(19)18-11-13-7-2-4-8-14(13)17/h2-9H,10-11H2,1H3,(H,18,19). The van der Waals surface area contributed by atoms with Crippen LogP contribution in [-0.2, 0) is 17.8 Å². The number of amides is 1. The Morgan fingerprint density at radius 3 is 2.45 bits per heavy atom. The maximum absolute atomic E-state index is 13.4. The van der Waals surface area contributed by atoms with Gasteiger partial charge in [-0.05, 0) is 12.1 Å². The van der Waals surface area contributed by atoms with Crippen LogP contribution in [0.25, 0.3) is 0 Å². The van der Waals surface area contributed by atoms with Crippen LogP contribution in [0.2, 0.25) is 0 Å². The normalized spacial score (nSPS) is 10.1. The minimum atomic E-state index is -0.315. The molecule has 0 radical (unpaired) electrons. The predicted molar refractivity (Wildman–Crippen MR) is 74.9 cm³/mol. The molecule has 0 fully saturated rings. The van der Waals surface area contributed by atoms with E-state index in [2.05, 4.69) is 5.32 Å². The van der Waals surface area contributed by atoms with Crippen LogP contribution in [0.4, 0.5) is 4.39 Å². The smallest absolute Gasteiger partial charge is 0.224 e. The Morgan fingerprint density at radius 2 is 1.75 bits per heavy atom. The second kappa shape index (κ2) is 6.70. The Balaban J connectivity index is 1.95. The molecule has 1 N–H and O–H groups in total. The largest absolute Gasteiger partial charge is 0.496 e. The third-order valence-electron chi connectivity index (χ3n) is 2.98. The van der Waals surface area contributed by atoms with E-state index in [0.29, 0.717) is 11.3 Å². The molecular formula is C16H16FNO2. The van der Waals surface area contributed by atoms with Gasteiger partial charge in [0, 0.05) is 17.7 Å². The highest BCUT2D eigenvalue weighted by molar-refractivity contribution is 5.79. The first-order chi connectivity index (χ1) is 9.70. The lowest BCUT2D eigenvalue weighted by Crippen LogP contribution is -2.25. The number of hydrogen-bond acceptors (Lipinski definition) is 2. The van der Waals surface area contributed by atoms with Crippen molar-refractivity contribution in [3.8, 4) is 5.75 Å². The molecule has 0 aliphatic rings. The molecule has 0 atom stereocenters. The molecular weight excluding hydrogens is 257 g/mol. The van der Waals surface area contributed by atoms with Gasteiger partial charge in [0.1, 0.15) is 11.6 Å². The van der Waals surface area contributed by atoms with Crippen LogP contribution in [0.5, 0.6) is 5.75 Å². The first-order valence-electron chi connectivity index (χ1n) is 6.32. The van der Waals surface area contributed by atoms with Gasteiger partial charge >= 0.3 is 0 Å². The molecule has 2 rings (SSSR count). The topological polar surface area (TPSA) is 38.3 Å². The number of halogens is 1. The average Bonchev–Trinajstić information content (AvgIpc) is 2.47. The van der Waals surface area contributed by atoms with Gasteiger partial charge < -0.3 is 10.1 Å². The molecule has 0 saturated carbocycles. The van der Waals surface area contributed by atoms with Gasteiger partial charge in [0.25, 0.3) is 0 Å². The van der Waals surface area contributed by atoms with Crippen LogP contribution in [0.3, 0.4) is 0 Å². The number of methoxy groups -OCH3 is 1. The fourth-order valence-corrected chi connectivity index (χ4v) is 1.92. The number of hydrogen-bond donors (Lipinski definition) is 1. The van der Waals surface area contributed by atoms with Gasteiger partial charge in [0.2, 0.25) is 5.91 Å². The molecule has 0 aliphatic heterocycles. The highest BCUT2D eigenvalue weighted by atomic mass is 19.1. The molecule has 2 aromatic rings. The molecule has 104 valence electrons. The van der Waals surface area contributed by atoms with Gasteiger partial charge in [-0.15, -0.1) is 0 Å². The Labute approximate surface area is 117 Å². The summed E-state index contributed by atoms with van der Waals surface area (Å²) in [7, 11) is 1.57. The van der Waals surface area contributed by atoms with Gasteiger partial charge in [0.05, 0.1) is 13.5 Å². The molecule has 0 unspecified atom stereocenters.